The molecule has 0 fully saturated rings. The van der Waals surface area contributed by atoms with Crippen LogP contribution in [0.3, 0.4) is 0 Å². The van der Waals surface area contributed by atoms with Gasteiger partial charge in [-0.3, -0.25) is 4.79 Å². The maximum Gasteiger partial charge on any atom is 0.314 e. The fourth-order valence-electron chi connectivity index (χ4n) is 1.32. The lowest BCUT2D eigenvalue weighted by Gasteiger charge is -2.09. The second-order valence-corrected chi connectivity index (χ2v) is 4.59. The summed E-state index contributed by atoms with van der Waals surface area (Å²) in [7, 11) is 0. The van der Waals surface area contributed by atoms with Crippen molar-refractivity contribution in [1.82, 2.24) is 10.6 Å². The minimum Gasteiger partial charge on any atom is -0.481 e. The molecule has 0 saturated heterocycles. The molecular formula is C12H24N2O3. The maximum atomic E-state index is 11.2. The molecule has 0 spiro atoms. The van der Waals surface area contributed by atoms with Crippen molar-refractivity contribution in [3.63, 3.8) is 0 Å². The largest absolute Gasteiger partial charge is 0.481 e. The Morgan fingerprint density at radius 3 is 2.29 bits per heavy atom. The lowest BCUT2D eigenvalue weighted by atomic mass is 10.1. The van der Waals surface area contributed by atoms with Gasteiger partial charge in [-0.15, -0.1) is 0 Å². The Bertz CT molecular complexity index is 230. The number of urea groups is 1. The summed E-state index contributed by atoms with van der Waals surface area (Å²) in [4.78, 5) is 21.5. The van der Waals surface area contributed by atoms with Gasteiger partial charge in [0.2, 0.25) is 0 Å². The Hall–Kier alpha value is -1.26. The quantitative estimate of drug-likeness (QED) is 0.543. The van der Waals surface area contributed by atoms with E-state index in [1.165, 1.54) is 0 Å². The molecule has 0 aliphatic heterocycles. The first-order valence-electron chi connectivity index (χ1n) is 6.26. The lowest BCUT2D eigenvalue weighted by molar-refractivity contribution is -0.137. The van der Waals surface area contributed by atoms with E-state index in [0.29, 0.717) is 19.0 Å². The second-order valence-electron chi connectivity index (χ2n) is 4.59. The Balaban J connectivity index is 3.22. The van der Waals surface area contributed by atoms with E-state index in [1.54, 1.807) is 0 Å². The van der Waals surface area contributed by atoms with Gasteiger partial charge >= 0.3 is 12.0 Å². The van der Waals surface area contributed by atoms with Gasteiger partial charge in [-0.1, -0.05) is 26.7 Å². The maximum absolute atomic E-state index is 11.2. The van der Waals surface area contributed by atoms with Crippen LogP contribution in [-0.4, -0.2) is 30.2 Å². The van der Waals surface area contributed by atoms with Crippen molar-refractivity contribution in [3.8, 4) is 0 Å². The summed E-state index contributed by atoms with van der Waals surface area (Å²) in [5.74, 6) is -0.284. The monoisotopic (exact) mass is 244 g/mol. The van der Waals surface area contributed by atoms with Gasteiger partial charge in [-0.05, 0) is 18.8 Å². The molecule has 0 aliphatic rings. The van der Waals surface area contributed by atoms with Gasteiger partial charge in [0.05, 0.1) is 0 Å². The zero-order valence-electron chi connectivity index (χ0n) is 10.8. The normalized spacial score (nSPS) is 10.3. The SMILES string of the molecule is CC(C)CNC(=O)NCCCCCCC(=O)O. The Kier molecular flexibility index (Phi) is 9.19. The van der Waals surface area contributed by atoms with Gasteiger partial charge in [-0.25, -0.2) is 4.79 Å². The standard InChI is InChI=1S/C12H24N2O3/c1-10(2)9-14-12(17)13-8-6-4-3-5-7-11(15)16/h10H,3-9H2,1-2H3,(H,15,16)(H2,13,14,17). The van der Waals surface area contributed by atoms with E-state index in [2.05, 4.69) is 10.6 Å². The molecular weight excluding hydrogens is 220 g/mol. The zero-order valence-corrected chi connectivity index (χ0v) is 10.8. The highest BCUT2D eigenvalue weighted by Crippen LogP contribution is 2.01. The molecule has 0 aliphatic carbocycles. The highest BCUT2D eigenvalue weighted by molar-refractivity contribution is 5.73. The Morgan fingerprint density at radius 1 is 1.06 bits per heavy atom. The molecule has 0 rings (SSSR count). The van der Waals surface area contributed by atoms with E-state index >= 15 is 0 Å². The van der Waals surface area contributed by atoms with Gasteiger partial charge in [0, 0.05) is 19.5 Å². The molecule has 0 atom stereocenters. The summed E-state index contributed by atoms with van der Waals surface area (Å²) in [5.41, 5.74) is 0. The molecule has 5 nitrogen and oxygen atoms in total. The molecule has 0 heterocycles. The number of aliphatic carboxylic acids is 1. The minimum absolute atomic E-state index is 0.121. The summed E-state index contributed by atoms with van der Waals surface area (Å²) in [6.07, 6.45) is 3.71. The lowest BCUT2D eigenvalue weighted by Crippen LogP contribution is -2.37. The molecule has 0 radical (unpaired) electrons. The molecule has 0 aromatic carbocycles. The number of unbranched alkanes of at least 4 members (excludes halogenated alkanes) is 3. The molecule has 0 aromatic heterocycles. The van der Waals surface area contributed by atoms with Crippen molar-refractivity contribution in [2.75, 3.05) is 13.1 Å². The number of amides is 2. The van der Waals surface area contributed by atoms with Crippen molar-refractivity contribution in [2.45, 2.75) is 46.0 Å². The first-order chi connectivity index (χ1) is 8.02. The van der Waals surface area contributed by atoms with Crippen LogP contribution >= 0.6 is 0 Å². The van der Waals surface area contributed by atoms with Crippen LogP contribution in [0.5, 0.6) is 0 Å². The van der Waals surface area contributed by atoms with Crippen LogP contribution in [0.15, 0.2) is 0 Å². The molecule has 0 unspecified atom stereocenters. The van der Waals surface area contributed by atoms with E-state index < -0.39 is 5.97 Å². The van der Waals surface area contributed by atoms with Gasteiger partial charge in [-0.2, -0.15) is 0 Å². The molecule has 2 amide bonds. The minimum atomic E-state index is -0.740. The Labute approximate surface area is 103 Å². The first kappa shape index (κ1) is 15.7. The summed E-state index contributed by atoms with van der Waals surface area (Å²) >= 11 is 0. The Morgan fingerprint density at radius 2 is 1.71 bits per heavy atom. The number of hydrogen-bond donors (Lipinski definition) is 3. The van der Waals surface area contributed by atoms with Gasteiger partial charge in [0.15, 0.2) is 0 Å². The van der Waals surface area contributed by atoms with E-state index in [1.807, 2.05) is 13.8 Å². The van der Waals surface area contributed by atoms with Crippen molar-refractivity contribution < 1.29 is 14.7 Å². The molecule has 5 heteroatoms. The highest BCUT2D eigenvalue weighted by atomic mass is 16.4. The van der Waals surface area contributed by atoms with Crippen LogP contribution in [-0.2, 0) is 4.79 Å². The first-order valence-corrected chi connectivity index (χ1v) is 6.26. The molecule has 3 N–H and O–H groups in total. The highest BCUT2D eigenvalue weighted by Gasteiger charge is 2.00. The summed E-state index contributed by atoms with van der Waals surface area (Å²) in [5, 5.41) is 14.0. The fraction of sp³-hybridized carbons (Fsp3) is 0.833. The van der Waals surface area contributed by atoms with Gasteiger partial charge in [0.25, 0.3) is 0 Å². The summed E-state index contributed by atoms with van der Waals surface area (Å²) in [6.45, 7) is 5.42. The number of carboxylic acids is 1. The topological polar surface area (TPSA) is 78.4 Å². The van der Waals surface area contributed by atoms with Crippen LogP contribution in [0, 0.1) is 5.92 Å². The average Bonchev–Trinajstić information content (AvgIpc) is 2.24. The van der Waals surface area contributed by atoms with E-state index in [0.717, 1.165) is 25.7 Å². The van der Waals surface area contributed by atoms with Crippen LogP contribution in [0.25, 0.3) is 0 Å². The van der Waals surface area contributed by atoms with Crippen molar-refractivity contribution >= 4 is 12.0 Å². The van der Waals surface area contributed by atoms with E-state index in [4.69, 9.17) is 5.11 Å². The third kappa shape index (κ3) is 12.7. The number of carbonyl (C=O) groups is 2. The summed E-state index contributed by atoms with van der Waals surface area (Å²) < 4.78 is 0. The predicted molar refractivity (Wildman–Crippen MR) is 67.0 cm³/mol. The molecule has 100 valence electrons. The second kappa shape index (κ2) is 9.93. The molecule has 17 heavy (non-hydrogen) atoms. The van der Waals surface area contributed by atoms with Crippen molar-refractivity contribution in [2.24, 2.45) is 5.92 Å². The van der Waals surface area contributed by atoms with Crippen LogP contribution in [0.2, 0.25) is 0 Å². The zero-order chi connectivity index (χ0) is 13.1. The third-order valence-electron chi connectivity index (χ3n) is 2.27. The summed E-state index contributed by atoms with van der Waals surface area (Å²) in [6, 6.07) is -0.121. The molecule has 0 saturated carbocycles. The number of rotatable bonds is 9. The predicted octanol–water partition coefficient (Wildman–Crippen LogP) is 1.98. The van der Waals surface area contributed by atoms with E-state index in [9.17, 15) is 9.59 Å². The molecule has 0 bridgehead atoms. The number of nitrogens with one attached hydrogen (secondary N) is 2. The fourth-order valence-corrected chi connectivity index (χ4v) is 1.32. The third-order valence-corrected chi connectivity index (χ3v) is 2.27. The van der Waals surface area contributed by atoms with Crippen molar-refractivity contribution in [1.29, 1.82) is 0 Å². The van der Waals surface area contributed by atoms with Crippen LogP contribution in [0.1, 0.15) is 46.0 Å². The smallest absolute Gasteiger partial charge is 0.314 e. The average molecular weight is 244 g/mol. The van der Waals surface area contributed by atoms with Crippen molar-refractivity contribution in [3.05, 3.63) is 0 Å². The van der Waals surface area contributed by atoms with Crippen LogP contribution in [0.4, 0.5) is 4.79 Å². The van der Waals surface area contributed by atoms with E-state index in [-0.39, 0.29) is 12.5 Å². The number of hydrogen-bond acceptors (Lipinski definition) is 2. The number of carboxylic acid groups (broad SMARTS) is 1. The van der Waals surface area contributed by atoms with Crippen LogP contribution < -0.4 is 10.6 Å². The molecule has 0 aromatic rings. The van der Waals surface area contributed by atoms with Gasteiger partial charge in [0.1, 0.15) is 0 Å². The van der Waals surface area contributed by atoms with Gasteiger partial charge < -0.3 is 15.7 Å². The number of carbonyl (C=O) groups excluding carboxylic acids is 1.